The van der Waals surface area contributed by atoms with Gasteiger partial charge in [-0.05, 0) is 31.3 Å². The van der Waals surface area contributed by atoms with Crippen LogP contribution in [0.15, 0.2) is 18.2 Å². The molecule has 3 aromatic heterocycles. The average Bonchev–Trinajstić information content (AvgIpc) is 3.77. The first kappa shape index (κ1) is 28.6. The van der Waals surface area contributed by atoms with E-state index in [4.69, 9.17) is 28.4 Å². The fourth-order valence-electron chi connectivity index (χ4n) is 2.71. The number of carbonyl (C=O) groups is 3. The lowest BCUT2D eigenvalue weighted by molar-refractivity contribution is 0.133. The molecule has 4 rings (SSSR count). The Morgan fingerprint density at radius 3 is 1.10 bits per heavy atom. The summed E-state index contributed by atoms with van der Waals surface area (Å²) in [6.07, 6.45) is -2.40. The van der Waals surface area contributed by atoms with E-state index in [1.54, 1.807) is 0 Å². The van der Waals surface area contributed by atoms with Gasteiger partial charge in [-0.15, -0.1) is 0 Å². The number of nitrogens with zero attached hydrogens (tertiary/aromatic N) is 9. The van der Waals surface area contributed by atoms with Crippen LogP contribution in [0.1, 0.15) is 0 Å². The van der Waals surface area contributed by atoms with Crippen LogP contribution in [0.4, 0.5) is 32.2 Å². The number of rotatable bonds is 15. The van der Waals surface area contributed by atoms with Crippen molar-refractivity contribution in [3.8, 4) is 17.2 Å². The zero-order chi connectivity index (χ0) is 29.4. The van der Waals surface area contributed by atoms with E-state index in [1.165, 1.54) is 18.2 Å². The van der Waals surface area contributed by atoms with E-state index in [-0.39, 0.29) is 57.5 Å². The predicted molar refractivity (Wildman–Crippen MR) is 130 cm³/mol. The standard InChI is InChI=1S/C18H21N15O9/c34-16(19-13-22-28-29-23-13)40-4-1-37-10-7-11(38-2-5-41-17(35)20-14-24-30-31-25-14)9-12(8-10)39-3-6-42-18(36)21-15-26-32-33-27-15/h7-9H,1-6H2,(H2,19,22,23,28,29,34)(H2,20,24,25,30,31,35)(H2,21,26,27,32,33,36). The summed E-state index contributed by atoms with van der Waals surface area (Å²) in [6.45, 7) is -0.481. The van der Waals surface area contributed by atoms with Gasteiger partial charge in [-0.3, -0.25) is 16.0 Å². The summed E-state index contributed by atoms with van der Waals surface area (Å²) in [5.74, 6) is 0.915. The number of nitrogens with one attached hydrogen (secondary N) is 6. The first-order chi connectivity index (χ1) is 20.5. The number of carbonyl (C=O) groups excluding carboxylic acids is 3. The maximum absolute atomic E-state index is 11.7. The fraction of sp³-hybridized carbons (Fsp3) is 0.333. The van der Waals surface area contributed by atoms with Crippen molar-refractivity contribution in [2.24, 2.45) is 0 Å². The molecule has 42 heavy (non-hydrogen) atoms. The van der Waals surface area contributed by atoms with Crippen molar-refractivity contribution in [1.82, 2.24) is 61.9 Å². The van der Waals surface area contributed by atoms with E-state index in [1.807, 2.05) is 0 Å². The van der Waals surface area contributed by atoms with Crippen LogP contribution < -0.4 is 30.2 Å². The number of ether oxygens (including phenoxy) is 6. The van der Waals surface area contributed by atoms with Crippen molar-refractivity contribution >= 4 is 36.1 Å². The molecule has 0 spiro atoms. The molecule has 222 valence electrons. The van der Waals surface area contributed by atoms with E-state index in [2.05, 4.69) is 77.8 Å². The van der Waals surface area contributed by atoms with E-state index >= 15 is 0 Å². The smallest absolute Gasteiger partial charge is 0.414 e. The van der Waals surface area contributed by atoms with Gasteiger partial charge < -0.3 is 28.4 Å². The quantitative estimate of drug-likeness (QED) is 0.0721. The fourth-order valence-corrected chi connectivity index (χ4v) is 2.71. The number of amides is 3. The van der Waals surface area contributed by atoms with Gasteiger partial charge in [0, 0.05) is 18.2 Å². The van der Waals surface area contributed by atoms with Gasteiger partial charge in [0.1, 0.15) is 56.9 Å². The van der Waals surface area contributed by atoms with Crippen LogP contribution in [0.5, 0.6) is 17.2 Å². The lowest BCUT2D eigenvalue weighted by atomic mass is 10.3. The first-order valence-corrected chi connectivity index (χ1v) is 11.6. The number of hydrogen-bond donors (Lipinski definition) is 6. The van der Waals surface area contributed by atoms with Gasteiger partial charge in [0.25, 0.3) is 0 Å². The lowest BCUT2D eigenvalue weighted by Crippen LogP contribution is -2.19. The topological polar surface area (TPSA) is 306 Å². The summed E-state index contributed by atoms with van der Waals surface area (Å²) in [4.78, 5) is 35.2. The van der Waals surface area contributed by atoms with E-state index in [0.29, 0.717) is 17.2 Å². The number of anilines is 3. The Labute approximate surface area is 232 Å². The maximum atomic E-state index is 11.7. The molecule has 0 radical (unpaired) electrons. The minimum Gasteiger partial charge on any atom is -0.490 e. The van der Waals surface area contributed by atoms with Crippen LogP contribution in [0.25, 0.3) is 0 Å². The SMILES string of the molecule is O=C(Nc1nnn[nH]1)OCCOc1cc(OCCOC(=O)Nc2nnn[nH]2)cc(OCCOC(=O)Nc2nnn[nH]2)c1. The predicted octanol–water partition coefficient (Wildman–Crippen LogP) is -0.892. The van der Waals surface area contributed by atoms with E-state index in [9.17, 15) is 14.4 Å². The Hall–Kier alpha value is -6.36. The second kappa shape index (κ2) is 15.3. The van der Waals surface area contributed by atoms with Gasteiger partial charge >= 0.3 is 18.3 Å². The third-order valence-electron chi connectivity index (χ3n) is 4.31. The molecule has 6 N–H and O–H groups in total. The largest absolute Gasteiger partial charge is 0.490 e. The number of hydrogen-bond acceptors (Lipinski definition) is 18. The highest BCUT2D eigenvalue weighted by molar-refractivity contribution is 5.82. The molecule has 3 amide bonds. The van der Waals surface area contributed by atoms with Crippen molar-refractivity contribution in [3.05, 3.63) is 18.2 Å². The molecular weight excluding hydrogens is 570 g/mol. The van der Waals surface area contributed by atoms with Gasteiger partial charge in [0.15, 0.2) is 0 Å². The third-order valence-corrected chi connectivity index (χ3v) is 4.31. The van der Waals surface area contributed by atoms with Crippen LogP contribution >= 0.6 is 0 Å². The molecule has 4 aromatic rings. The number of benzene rings is 1. The van der Waals surface area contributed by atoms with E-state index < -0.39 is 18.3 Å². The normalized spacial score (nSPS) is 10.3. The van der Waals surface area contributed by atoms with Crippen LogP contribution in [0.2, 0.25) is 0 Å². The summed E-state index contributed by atoms with van der Waals surface area (Å²) in [5.41, 5.74) is 0. The van der Waals surface area contributed by atoms with Crippen molar-refractivity contribution in [2.45, 2.75) is 0 Å². The summed E-state index contributed by atoms with van der Waals surface area (Å²) in [6, 6.07) is 4.59. The molecule has 24 heteroatoms. The Balaban J connectivity index is 1.24. The van der Waals surface area contributed by atoms with Gasteiger partial charge in [-0.2, -0.15) is 0 Å². The van der Waals surface area contributed by atoms with Crippen molar-refractivity contribution in [1.29, 1.82) is 0 Å². The summed E-state index contributed by atoms with van der Waals surface area (Å²) in [7, 11) is 0. The number of aromatic amines is 3. The van der Waals surface area contributed by atoms with Crippen molar-refractivity contribution in [2.75, 3.05) is 55.6 Å². The Morgan fingerprint density at radius 1 is 0.524 bits per heavy atom. The molecule has 0 saturated carbocycles. The molecule has 0 aliphatic rings. The summed E-state index contributed by atoms with van der Waals surface area (Å²) in [5, 5.41) is 44.3. The molecule has 3 heterocycles. The molecule has 0 atom stereocenters. The molecule has 0 unspecified atom stereocenters. The first-order valence-electron chi connectivity index (χ1n) is 11.6. The third kappa shape index (κ3) is 10.1. The highest BCUT2D eigenvalue weighted by atomic mass is 16.6. The van der Waals surface area contributed by atoms with Crippen molar-refractivity contribution < 1.29 is 42.8 Å². The summed E-state index contributed by atoms with van der Waals surface area (Å²) < 4.78 is 31.8. The second-order valence-corrected chi connectivity index (χ2v) is 7.22. The zero-order valence-corrected chi connectivity index (χ0v) is 21.2. The van der Waals surface area contributed by atoms with Crippen LogP contribution in [-0.2, 0) is 14.2 Å². The molecule has 0 saturated heterocycles. The number of H-pyrrole nitrogens is 3. The van der Waals surface area contributed by atoms with Crippen molar-refractivity contribution in [3.63, 3.8) is 0 Å². The number of aromatic nitrogens is 12. The molecule has 0 aliphatic carbocycles. The second-order valence-electron chi connectivity index (χ2n) is 7.22. The Kier molecular flexibility index (Phi) is 10.4. The lowest BCUT2D eigenvalue weighted by Gasteiger charge is -2.14. The highest BCUT2D eigenvalue weighted by Gasteiger charge is 2.10. The maximum Gasteiger partial charge on any atom is 0.414 e. The highest BCUT2D eigenvalue weighted by Crippen LogP contribution is 2.28. The monoisotopic (exact) mass is 591 g/mol. The molecule has 0 aliphatic heterocycles. The minimum atomic E-state index is -0.800. The van der Waals surface area contributed by atoms with Gasteiger partial charge in [0.05, 0.1) is 0 Å². The van der Waals surface area contributed by atoms with Gasteiger partial charge in [0.2, 0.25) is 17.8 Å². The molecule has 0 bridgehead atoms. The Morgan fingerprint density at radius 2 is 0.833 bits per heavy atom. The van der Waals surface area contributed by atoms with Crippen LogP contribution in [0, 0.1) is 0 Å². The summed E-state index contributed by atoms with van der Waals surface area (Å²) >= 11 is 0. The van der Waals surface area contributed by atoms with Crippen LogP contribution in [-0.4, -0.2) is 120 Å². The van der Waals surface area contributed by atoms with E-state index in [0.717, 1.165) is 0 Å². The zero-order valence-electron chi connectivity index (χ0n) is 21.2. The Bertz CT molecular complexity index is 1210. The number of tetrazole rings is 3. The molecule has 24 nitrogen and oxygen atoms in total. The van der Waals surface area contributed by atoms with Gasteiger partial charge in [-0.25, -0.2) is 29.7 Å². The van der Waals surface area contributed by atoms with Gasteiger partial charge in [-0.1, -0.05) is 15.3 Å². The average molecular weight is 591 g/mol. The molecular formula is C18H21N15O9. The molecule has 1 aromatic carbocycles. The molecule has 0 fully saturated rings. The minimum absolute atomic E-state index is 0.0143. The van der Waals surface area contributed by atoms with Crippen LogP contribution in [0.3, 0.4) is 0 Å².